The van der Waals surface area contributed by atoms with Crippen LogP contribution in [-0.2, 0) is 16.0 Å². The Morgan fingerprint density at radius 2 is 1.62 bits per heavy atom. The summed E-state index contributed by atoms with van der Waals surface area (Å²) in [5.74, 6) is 5.88. The molecule has 1 N–H and O–H groups in total. The number of hydrogen-bond donors (Lipinski definition) is 1. The van der Waals surface area contributed by atoms with Gasteiger partial charge in [-0.3, -0.25) is 4.79 Å². The Labute approximate surface area is 265 Å². The third-order valence-electron chi connectivity index (χ3n) is 11.4. The monoisotopic (exact) mass is 612 g/mol. The maximum Gasteiger partial charge on any atom is 0.305 e. The zero-order valence-electron chi connectivity index (χ0n) is 26.7. The molecule has 2 saturated carbocycles. The number of aromatic hydroxyl groups is 1. The number of carbonyl (C=O) groups is 1. The van der Waals surface area contributed by atoms with Gasteiger partial charge in [0.15, 0.2) is 0 Å². The molecule has 3 aromatic rings. The molecule has 3 aromatic carbocycles. The van der Waals surface area contributed by atoms with Crippen molar-refractivity contribution in [3.8, 4) is 28.7 Å². The Hall–Kier alpha value is -3.87. The molecule has 7 nitrogen and oxygen atoms in total. The van der Waals surface area contributed by atoms with E-state index in [0.717, 1.165) is 47.8 Å². The van der Waals surface area contributed by atoms with E-state index >= 15 is 0 Å². The fraction of sp³-hybridized carbons (Fsp3) is 0.500. The van der Waals surface area contributed by atoms with Crippen molar-refractivity contribution in [2.45, 2.75) is 82.8 Å². The van der Waals surface area contributed by atoms with Crippen molar-refractivity contribution in [2.24, 2.45) is 17.3 Å². The molecule has 2 heterocycles. The van der Waals surface area contributed by atoms with Gasteiger partial charge in [-0.1, -0.05) is 26.0 Å². The minimum atomic E-state index is -0.0477. The molecular formula is C38H44O7. The predicted molar refractivity (Wildman–Crippen MR) is 170 cm³/mol. The van der Waals surface area contributed by atoms with Gasteiger partial charge in [0.1, 0.15) is 41.0 Å². The second-order valence-electron chi connectivity index (χ2n) is 13.5. The number of benzene rings is 3. The summed E-state index contributed by atoms with van der Waals surface area (Å²) in [6.45, 7) is 4.85. The van der Waals surface area contributed by atoms with Gasteiger partial charge >= 0.3 is 5.97 Å². The number of phenols is 1. The van der Waals surface area contributed by atoms with E-state index in [9.17, 15) is 9.90 Å². The van der Waals surface area contributed by atoms with Crippen molar-refractivity contribution in [1.29, 1.82) is 0 Å². The van der Waals surface area contributed by atoms with Crippen LogP contribution in [0.5, 0.6) is 28.7 Å². The maximum absolute atomic E-state index is 11.8. The standard InChI is InChI=1S/C21H28O3.C17H16O4/c1-3-20(23)24-19-9-8-18-17-6-4-13-12-14(22)5-7-15(13)16(17)10-11-21(18,19)2;1-18-10-4-6-13-15(7-10)20-9-14-12-5-3-11(19-2)8-16(12)21-17(13)14/h5,7,12,16-19,22H,3-4,6,8-11H2,1-2H3;3-8,14,17H,9H2,1-2H3. The molecule has 2 aliphatic heterocycles. The van der Waals surface area contributed by atoms with Gasteiger partial charge in [0.25, 0.3) is 0 Å². The van der Waals surface area contributed by atoms with Crippen molar-refractivity contribution in [3.63, 3.8) is 0 Å². The Morgan fingerprint density at radius 1 is 0.889 bits per heavy atom. The summed E-state index contributed by atoms with van der Waals surface area (Å²) < 4.78 is 28.4. The van der Waals surface area contributed by atoms with E-state index in [2.05, 4.69) is 19.1 Å². The van der Waals surface area contributed by atoms with Crippen LogP contribution < -0.4 is 18.9 Å². The van der Waals surface area contributed by atoms with Crippen LogP contribution >= 0.6 is 0 Å². The molecule has 0 spiro atoms. The first-order valence-corrected chi connectivity index (χ1v) is 16.5. The smallest absolute Gasteiger partial charge is 0.305 e. The van der Waals surface area contributed by atoms with Gasteiger partial charge in [-0.05, 0) is 97.7 Å². The average Bonchev–Trinajstić information content (AvgIpc) is 3.61. The van der Waals surface area contributed by atoms with Crippen LogP contribution in [0, 0.1) is 17.3 Å². The number of aryl methyl sites for hydroxylation is 1. The number of methoxy groups -OCH3 is 2. The molecule has 0 bridgehead atoms. The highest BCUT2D eigenvalue weighted by atomic mass is 16.5. The second-order valence-corrected chi connectivity index (χ2v) is 13.5. The number of hydrogen-bond acceptors (Lipinski definition) is 7. The van der Waals surface area contributed by atoms with Gasteiger partial charge in [-0.2, -0.15) is 0 Å². The molecule has 0 saturated heterocycles. The average molecular weight is 613 g/mol. The molecule has 7 unspecified atom stereocenters. The summed E-state index contributed by atoms with van der Waals surface area (Å²) in [4.78, 5) is 11.8. The van der Waals surface area contributed by atoms with Gasteiger partial charge in [-0.25, -0.2) is 0 Å². The minimum absolute atomic E-state index is 0.00163. The largest absolute Gasteiger partial charge is 0.508 e. The van der Waals surface area contributed by atoms with Crippen molar-refractivity contribution in [2.75, 3.05) is 20.8 Å². The summed E-state index contributed by atoms with van der Waals surface area (Å²) in [6, 6.07) is 17.8. The van der Waals surface area contributed by atoms with E-state index in [1.54, 1.807) is 14.2 Å². The van der Waals surface area contributed by atoms with E-state index in [1.165, 1.54) is 36.0 Å². The lowest BCUT2D eigenvalue weighted by Gasteiger charge is -2.50. The van der Waals surface area contributed by atoms with Crippen molar-refractivity contribution in [1.82, 2.24) is 0 Å². The Kier molecular flexibility index (Phi) is 7.83. The van der Waals surface area contributed by atoms with Crippen LogP contribution in [0.4, 0.5) is 0 Å². The van der Waals surface area contributed by atoms with Gasteiger partial charge < -0.3 is 28.8 Å². The van der Waals surface area contributed by atoms with Gasteiger partial charge in [0.2, 0.25) is 0 Å². The summed E-state index contributed by atoms with van der Waals surface area (Å²) in [6.07, 6.45) is 7.38. The number of fused-ring (bicyclic) bond motifs is 10. The first-order valence-electron chi connectivity index (χ1n) is 16.5. The summed E-state index contributed by atoms with van der Waals surface area (Å²) in [5.41, 5.74) is 5.21. The highest BCUT2D eigenvalue weighted by molar-refractivity contribution is 5.69. The predicted octanol–water partition coefficient (Wildman–Crippen LogP) is 7.88. The fourth-order valence-electron chi connectivity index (χ4n) is 9.03. The van der Waals surface area contributed by atoms with Crippen molar-refractivity contribution in [3.05, 3.63) is 76.9 Å². The van der Waals surface area contributed by atoms with Gasteiger partial charge in [0, 0.05) is 35.1 Å². The van der Waals surface area contributed by atoms with E-state index in [1.807, 2.05) is 49.4 Å². The van der Waals surface area contributed by atoms with Crippen molar-refractivity contribution < 1.29 is 33.6 Å². The highest BCUT2D eigenvalue weighted by Gasteiger charge is 2.56. The number of rotatable bonds is 4. The Morgan fingerprint density at radius 3 is 2.38 bits per heavy atom. The summed E-state index contributed by atoms with van der Waals surface area (Å²) in [5, 5.41) is 9.77. The van der Waals surface area contributed by atoms with E-state index in [-0.39, 0.29) is 29.5 Å². The SMILES string of the molecule is CCC(=O)OC1CCC2C3CCc4cc(O)ccc4C3CCC12C.COc1ccc2c(c1)OC1c3ccc(OC)cc3OCC21. The van der Waals surface area contributed by atoms with Crippen LogP contribution in [0.25, 0.3) is 0 Å². The summed E-state index contributed by atoms with van der Waals surface area (Å²) in [7, 11) is 3.32. The maximum atomic E-state index is 11.8. The number of ether oxygens (including phenoxy) is 5. The summed E-state index contributed by atoms with van der Waals surface area (Å²) >= 11 is 0. The molecule has 3 aliphatic carbocycles. The van der Waals surface area contributed by atoms with Crippen LogP contribution in [0.2, 0.25) is 0 Å². The number of phenolic OH excluding ortho intramolecular Hbond substituents is 1. The van der Waals surface area contributed by atoms with Crippen molar-refractivity contribution >= 4 is 5.97 Å². The first kappa shape index (κ1) is 29.8. The van der Waals surface area contributed by atoms with Crippen LogP contribution in [0.1, 0.15) is 92.6 Å². The Bertz CT molecular complexity index is 1580. The lowest BCUT2D eigenvalue weighted by Crippen LogP contribution is -2.45. The van der Waals surface area contributed by atoms with E-state index in [0.29, 0.717) is 36.5 Å². The third-order valence-corrected chi connectivity index (χ3v) is 11.4. The Balaban J connectivity index is 0.000000146. The number of esters is 1. The van der Waals surface area contributed by atoms with Crippen LogP contribution in [0.15, 0.2) is 54.6 Å². The van der Waals surface area contributed by atoms with Gasteiger partial charge in [0.05, 0.1) is 26.7 Å². The molecule has 45 heavy (non-hydrogen) atoms. The number of carbonyl (C=O) groups excluding carboxylic acids is 1. The van der Waals surface area contributed by atoms with E-state index in [4.69, 9.17) is 23.7 Å². The second kappa shape index (κ2) is 11.8. The lowest BCUT2D eigenvalue weighted by atomic mass is 9.55. The molecule has 238 valence electrons. The topological polar surface area (TPSA) is 83.5 Å². The molecule has 7 heteroatoms. The normalized spacial score (nSPS) is 29.9. The van der Waals surface area contributed by atoms with Crippen LogP contribution in [0.3, 0.4) is 0 Å². The zero-order chi connectivity index (χ0) is 31.3. The molecule has 8 rings (SSSR count). The molecule has 0 aromatic heterocycles. The molecular weight excluding hydrogens is 568 g/mol. The third kappa shape index (κ3) is 5.18. The molecule has 0 radical (unpaired) electrons. The zero-order valence-corrected chi connectivity index (χ0v) is 26.7. The molecule has 2 fully saturated rings. The first-order chi connectivity index (χ1) is 21.8. The molecule has 7 atom stereocenters. The highest BCUT2D eigenvalue weighted by Crippen LogP contribution is 2.61. The van der Waals surface area contributed by atoms with Gasteiger partial charge in [-0.15, -0.1) is 0 Å². The lowest BCUT2D eigenvalue weighted by molar-refractivity contribution is -0.157. The quantitative estimate of drug-likeness (QED) is 0.300. The minimum Gasteiger partial charge on any atom is -0.508 e. The molecule has 0 amide bonds. The van der Waals surface area contributed by atoms with Crippen LogP contribution in [-0.4, -0.2) is 38.0 Å². The fourth-order valence-corrected chi connectivity index (χ4v) is 9.03. The molecule has 5 aliphatic rings. The van der Waals surface area contributed by atoms with E-state index < -0.39 is 0 Å².